The van der Waals surface area contributed by atoms with Crippen molar-refractivity contribution in [3.05, 3.63) is 11.6 Å². The molecule has 0 aliphatic heterocycles. The van der Waals surface area contributed by atoms with Crippen molar-refractivity contribution in [3.8, 4) is 0 Å². The molecular formula is C14H22O6. The van der Waals surface area contributed by atoms with E-state index in [4.69, 9.17) is 14.2 Å². The number of carbonyl (C=O) groups excluding carboxylic acids is 3. The topological polar surface area (TPSA) is 78.9 Å². The molecule has 0 N–H and O–H groups in total. The molecule has 0 atom stereocenters. The monoisotopic (exact) mass is 286 g/mol. The molecule has 0 aliphatic rings. The Morgan fingerprint density at radius 2 is 1.40 bits per heavy atom. The Labute approximate surface area is 119 Å². The van der Waals surface area contributed by atoms with Crippen LogP contribution in [0.15, 0.2) is 11.6 Å². The van der Waals surface area contributed by atoms with Gasteiger partial charge in [0.1, 0.15) is 5.60 Å². The van der Waals surface area contributed by atoms with Crippen LogP contribution in [0, 0.1) is 0 Å². The number of carbonyl (C=O) groups is 3. The second-order valence-corrected chi connectivity index (χ2v) is 4.53. The molecule has 0 saturated carbocycles. The fourth-order valence-electron chi connectivity index (χ4n) is 1.11. The molecule has 0 heterocycles. The van der Waals surface area contributed by atoms with Crippen LogP contribution in [0.2, 0.25) is 0 Å². The molecule has 0 unspecified atom stereocenters. The van der Waals surface area contributed by atoms with E-state index in [1.165, 1.54) is 0 Å². The van der Waals surface area contributed by atoms with Gasteiger partial charge in [0.25, 0.3) is 0 Å². The summed E-state index contributed by atoms with van der Waals surface area (Å²) in [6.45, 7) is 8.68. The van der Waals surface area contributed by atoms with Crippen molar-refractivity contribution in [1.82, 2.24) is 0 Å². The van der Waals surface area contributed by atoms with Gasteiger partial charge in [-0.3, -0.25) is 0 Å². The van der Waals surface area contributed by atoms with E-state index in [1.54, 1.807) is 27.7 Å². The van der Waals surface area contributed by atoms with Crippen LogP contribution in [0.3, 0.4) is 0 Å². The molecule has 114 valence electrons. The summed E-state index contributed by atoms with van der Waals surface area (Å²) in [5.41, 5.74) is -1.15. The smallest absolute Gasteiger partial charge is 0.345 e. The van der Waals surface area contributed by atoms with Crippen LogP contribution in [0.1, 0.15) is 41.0 Å². The molecule has 0 aromatic carbocycles. The van der Waals surface area contributed by atoms with E-state index >= 15 is 0 Å². The first-order valence-electron chi connectivity index (χ1n) is 6.56. The zero-order valence-electron chi connectivity index (χ0n) is 12.6. The summed E-state index contributed by atoms with van der Waals surface area (Å²) < 4.78 is 14.6. The van der Waals surface area contributed by atoms with Crippen LogP contribution < -0.4 is 0 Å². The standard InChI is InChI=1S/C14H22O6/c1-6-14(4,5)20-11(15)9-10(12(16)18-7-2)13(17)19-8-3/h9H,6-8H2,1-5H3. The van der Waals surface area contributed by atoms with Crippen molar-refractivity contribution in [2.24, 2.45) is 0 Å². The molecular weight excluding hydrogens is 264 g/mol. The average Bonchev–Trinajstić information content (AvgIpc) is 2.35. The Kier molecular flexibility index (Phi) is 7.57. The van der Waals surface area contributed by atoms with Crippen molar-refractivity contribution in [2.75, 3.05) is 13.2 Å². The zero-order chi connectivity index (χ0) is 15.8. The van der Waals surface area contributed by atoms with Gasteiger partial charge in [0.05, 0.1) is 13.2 Å². The van der Waals surface area contributed by atoms with E-state index < -0.39 is 29.1 Å². The van der Waals surface area contributed by atoms with Gasteiger partial charge in [-0.2, -0.15) is 0 Å². The largest absolute Gasteiger partial charge is 0.462 e. The lowest BCUT2D eigenvalue weighted by atomic mass is 10.1. The number of hydrogen-bond donors (Lipinski definition) is 0. The summed E-state index contributed by atoms with van der Waals surface area (Å²) in [6, 6.07) is 0. The third kappa shape index (κ3) is 6.36. The van der Waals surface area contributed by atoms with Gasteiger partial charge >= 0.3 is 17.9 Å². The molecule has 0 aromatic rings. The molecule has 0 fully saturated rings. The molecule has 0 saturated heterocycles. The average molecular weight is 286 g/mol. The van der Waals surface area contributed by atoms with Crippen LogP contribution in [-0.2, 0) is 28.6 Å². The molecule has 0 bridgehead atoms. The fraction of sp³-hybridized carbons (Fsp3) is 0.643. The molecule has 0 aromatic heterocycles. The zero-order valence-corrected chi connectivity index (χ0v) is 12.6. The van der Waals surface area contributed by atoms with Crippen LogP contribution in [0.25, 0.3) is 0 Å². The fourth-order valence-corrected chi connectivity index (χ4v) is 1.11. The van der Waals surface area contributed by atoms with Gasteiger partial charge in [0, 0.05) is 6.08 Å². The Morgan fingerprint density at radius 1 is 0.950 bits per heavy atom. The Hall–Kier alpha value is -1.85. The predicted molar refractivity (Wildman–Crippen MR) is 71.8 cm³/mol. The second kappa shape index (κ2) is 8.35. The summed E-state index contributed by atoms with van der Waals surface area (Å²) in [7, 11) is 0. The molecule has 0 spiro atoms. The third-order valence-corrected chi connectivity index (χ3v) is 2.48. The number of hydrogen-bond acceptors (Lipinski definition) is 6. The molecule has 0 aliphatic carbocycles. The lowest BCUT2D eigenvalue weighted by molar-refractivity contribution is -0.153. The van der Waals surface area contributed by atoms with Gasteiger partial charge < -0.3 is 14.2 Å². The van der Waals surface area contributed by atoms with E-state index in [2.05, 4.69) is 0 Å². The highest BCUT2D eigenvalue weighted by molar-refractivity contribution is 6.17. The summed E-state index contributed by atoms with van der Waals surface area (Å²) in [5, 5.41) is 0. The number of rotatable bonds is 7. The highest BCUT2D eigenvalue weighted by Gasteiger charge is 2.25. The normalized spacial score (nSPS) is 10.4. The Morgan fingerprint density at radius 3 is 1.75 bits per heavy atom. The van der Waals surface area contributed by atoms with Gasteiger partial charge in [0.2, 0.25) is 0 Å². The van der Waals surface area contributed by atoms with Crippen molar-refractivity contribution < 1.29 is 28.6 Å². The maximum atomic E-state index is 11.7. The highest BCUT2D eigenvalue weighted by Crippen LogP contribution is 2.14. The first-order valence-corrected chi connectivity index (χ1v) is 6.56. The molecule has 0 rings (SSSR count). The van der Waals surface area contributed by atoms with Gasteiger partial charge in [-0.05, 0) is 34.1 Å². The quantitative estimate of drug-likeness (QED) is 0.233. The lowest BCUT2D eigenvalue weighted by Crippen LogP contribution is -2.27. The Bertz CT molecular complexity index is 374. The summed E-state index contributed by atoms with van der Waals surface area (Å²) in [4.78, 5) is 35.0. The predicted octanol–water partition coefficient (Wildman–Crippen LogP) is 1.77. The lowest BCUT2D eigenvalue weighted by Gasteiger charge is -2.22. The Balaban J connectivity index is 5.11. The van der Waals surface area contributed by atoms with Gasteiger partial charge in [0.15, 0.2) is 5.57 Å². The molecule has 0 radical (unpaired) electrons. The maximum absolute atomic E-state index is 11.7. The first-order chi connectivity index (χ1) is 9.27. The first kappa shape index (κ1) is 18.1. The van der Waals surface area contributed by atoms with Gasteiger partial charge in [-0.1, -0.05) is 6.92 Å². The molecule has 20 heavy (non-hydrogen) atoms. The SMILES string of the molecule is CCOC(=O)C(=CC(=O)OC(C)(C)CC)C(=O)OCC. The van der Waals surface area contributed by atoms with Crippen molar-refractivity contribution >= 4 is 17.9 Å². The van der Waals surface area contributed by atoms with E-state index in [0.29, 0.717) is 6.42 Å². The summed E-state index contributed by atoms with van der Waals surface area (Å²) in [5.74, 6) is -2.60. The van der Waals surface area contributed by atoms with Crippen molar-refractivity contribution in [2.45, 2.75) is 46.6 Å². The minimum atomic E-state index is -0.905. The van der Waals surface area contributed by atoms with E-state index in [0.717, 1.165) is 6.08 Å². The molecule has 6 heteroatoms. The number of ether oxygens (including phenoxy) is 3. The molecule has 6 nitrogen and oxygen atoms in total. The van der Waals surface area contributed by atoms with Crippen LogP contribution in [-0.4, -0.2) is 36.7 Å². The highest BCUT2D eigenvalue weighted by atomic mass is 16.6. The van der Waals surface area contributed by atoms with Crippen LogP contribution in [0.4, 0.5) is 0 Å². The third-order valence-electron chi connectivity index (χ3n) is 2.48. The minimum Gasteiger partial charge on any atom is -0.462 e. The van der Waals surface area contributed by atoms with Crippen molar-refractivity contribution in [1.29, 1.82) is 0 Å². The van der Waals surface area contributed by atoms with Crippen LogP contribution >= 0.6 is 0 Å². The van der Waals surface area contributed by atoms with Gasteiger partial charge in [-0.15, -0.1) is 0 Å². The van der Waals surface area contributed by atoms with E-state index in [-0.39, 0.29) is 13.2 Å². The second-order valence-electron chi connectivity index (χ2n) is 4.53. The van der Waals surface area contributed by atoms with Gasteiger partial charge in [-0.25, -0.2) is 14.4 Å². The van der Waals surface area contributed by atoms with E-state index in [1.807, 2.05) is 6.92 Å². The summed E-state index contributed by atoms with van der Waals surface area (Å²) >= 11 is 0. The van der Waals surface area contributed by atoms with Crippen molar-refractivity contribution in [3.63, 3.8) is 0 Å². The number of esters is 3. The maximum Gasteiger partial charge on any atom is 0.345 e. The molecule has 0 amide bonds. The van der Waals surface area contributed by atoms with E-state index in [9.17, 15) is 14.4 Å². The summed E-state index contributed by atoms with van der Waals surface area (Å²) in [6.07, 6.45) is 1.41. The minimum absolute atomic E-state index is 0.0884. The van der Waals surface area contributed by atoms with Crippen LogP contribution in [0.5, 0.6) is 0 Å².